The van der Waals surface area contributed by atoms with Crippen LogP contribution in [0.2, 0.25) is 0 Å². The lowest BCUT2D eigenvalue weighted by atomic mass is 10.1. The van der Waals surface area contributed by atoms with Crippen molar-refractivity contribution in [3.05, 3.63) is 65.7 Å². The molecule has 0 spiro atoms. The number of amides is 1. The molecule has 1 aliphatic rings. The number of nitrogens with one attached hydrogen (secondary N) is 1. The van der Waals surface area contributed by atoms with E-state index in [9.17, 15) is 9.59 Å². The Hall–Kier alpha value is -2.50. The third kappa shape index (κ3) is 4.75. The maximum atomic E-state index is 12.3. The number of anilines is 1. The fourth-order valence-electron chi connectivity index (χ4n) is 2.94. The molecule has 5 nitrogen and oxygen atoms in total. The van der Waals surface area contributed by atoms with Gasteiger partial charge in [0, 0.05) is 24.3 Å². The SMILES string of the molecule is CC(=O)c1cccc(NC(=O)CN2CCOC(c3ccccc3)C2)c1. The molecule has 1 amide bonds. The van der Waals surface area contributed by atoms with Crippen molar-refractivity contribution in [2.24, 2.45) is 0 Å². The normalized spacial score (nSPS) is 17.9. The number of hydrogen-bond donors (Lipinski definition) is 1. The van der Waals surface area contributed by atoms with Crippen molar-refractivity contribution in [2.75, 3.05) is 31.6 Å². The maximum Gasteiger partial charge on any atom is 0.238 e. The van der Waals surface area contributed by atoms with E-state index >= 15 is 0 Å². The quantitative estimate of drug-likeness (QED) is 0.852. The highest BCUT2D eigenvalue weighted by Crippen LogP contribution is 2.21. The molecule has 0 bridgehead atoms. The minimum absolute atomic E-state index is 0.0104. The summed E-state index contributed by atoms with van der Waals surface area (Å²) in [5, 5.41) is 2.87. The van der Waals surface area contributed by atoms with E-state index < -0.39 is 0 Å². The summed E-state index contributed by atoms with van der Waals surface area (Å²) in [6.07, 6.45) is -0.0104. The van der Waals surface area contributed by atoms with Gasteiger partial charge in [-0.15, -0.1) is 0 Å². The molecule has 130 valence electrons. The molecule has 5 heteroatoms. The van der Waals surface area contributed by atoms with E-state index in [0.717, 1.165) is 12.1 Å². The third-order valence-electron chi connectivity index (χ3n) is 4.24. The van der Waals surface area contributed by atoms with Crippen LogP contribution >= 0.6 is 0 Å². The zero-order valence-electron chi connectivity index (χ0n) is 14.3. The second-order valence-corrected chi connectivity index (χ2v) is 6.19. The predicted molar refractivity (Wildman–Crippen MR) is 96.7 cm³/mol. The van der Waals surface area contributed by atoms with Crippen LogP contribution < -0.4 is 5.32 Å². The van der Waals surface area contributed by atoms with Crippen molar-refractivity contribution in [3.63, 3.8) is 0 Å². The Morgan fingerprint density at radius 1 is 1.16 bits per heavy atom. The first kappa shape index (κ1) is 17.3. The van der Waals surface area contributed by atoms with Gasteiger partial charge in [-0.05, 0) is 24.6 Å². The second-order valence-electron chi connectivity index (χ2n) is 6.19. The first-order valence-electron chi connectivity index (χ1n) is 8.41. The van der Waals surface area contributed by atoms with Gasteiger partial charge in [-0.3, -0.25) is 14.5 Å². The molecule has 0 aliphatic carbocycles. The standard InChI is InChI=1S/C20H22N2O3/c1-15(23)17-8-5-9-18(12-17)21-20(24)14-22-10-11-25-19(13-22)16-6-3-2-4-7-16/h2-9,12,19H,10-11,13-14H2,1H3,(H,21,24). The zero-order chi connectivity index (χ0) is 17.6. The molecule has 25 heavy (non-hydrogen) atoms. The molecule has 2 aromatic rings. The van der Waals surface area contributed by atoms with Crippen LogP contribution in [0.25, 0.3) is 0 Å². The number of carbonyl (C=O) groups excluding carboxylic acids is 2. The highest BCUT2D eigenvalue weighted by atomic mass is 16.5. The molecule has 1 atom stereocenters. The number of hydrogen-bond acceptors (Lipinski definition) is 4. The van der Waals surface area contributed by atoms with Crippen LogP contribution in [-0.4, -0.2) is 42.8 Å². The van der Waals surface area contributed by atoms with Crippen LogP contribution in [0.5, 0.6) is 0 Å². The van der Waals surface area contributed by atoms with Gasteiger partial charge >= 0.3 is 0 Å². The summed E-state index contributed by atoms with van der Waals surface area (Å²) in [6.45, 7) is 3.83. The van der Waals surface area contributed by atoms with E-state index in [1.165, 1.54) is 6.92 Å². The molecule has 1 N–H and O–H groups in total. The van der Waals surface area contributed by atoms with Gasteiger partial charge in [-0.2, -0.15) is 0 Å². The molecular weight excluding hydrogens is 316 g/mol. The summed E-state index contributed by atoms with van der Waals surface area (Å²) < 4.78 is 5.83. The summed E-state index contributed by atoms with van der Waals surface area (Å²) in [5.74, 6) is -0.107. The van der Waals surface area contributed by atoms with E-state index in [1.54, 1.807) is 24.3 Å². The van der Waals surface area contributed by atoms with Gasteiger partial charge in [0.15, 0.2) is 5.78 Å². The number of ether oxygens (including phenoxy) is 1. The van der Waals surface area contributed by atoms with Crippen LogP contribution in [0.15, 0.2) is 54.6 Å². The maximum absolute atomic E-state index is 12.3. The molecule has 2 aromatic carbocycles. The molecule has 1 heterocycles. The second kappa shape index (κ2) is 8.05. The summed E-state index contributed by atoms with van der Waals surface area (Å²) in [6, 6.07) is 17.0. The number of ketones is 1. The summed E-state index contributed by atoms with van der Waals surface area (Å²) in [4.78, 5) is 25.9. The van der Waals surface area contributed by atoms with Crippen LogP contribution in [-0.2, 0) is 9.53 Å². The molecule has 1 aliphatic heterocycles. The average Bonchev–Trinajstić information content (AvgIpc) is 2.63. The summed E-state index contributed by atoms with van der Waals surface area (Å²) >= 11 is 0. The van der Waals surface area contributed by atoms with Crippen LogP contribution in [0.3, 0.4) is 0 Å². The number of nitrogens with zero attached hydrogens (tertiary/aromatic N) is 1. The molecule has 0 radical (unpaired) electrons. The van der Waals surface area contributed by atoms with Gasteiger partial charge in [0.25, 0.3) is 0 Å². The Kier molecular flexibility index (Phi) is 5.58. The monoisotopic (exact) mass is 338 g/mol. The van der Waals surface area contributed by atoms with E-state index in [4.69, 9.17) is 4.74 Å². The molecule has 0 saturated carbocycles. The van der Waals surface area contributed by atoms with Crippen molar-refractivity contribution >= 4 is 17.4 Å². The lowest BCUT2D eigenvalue weighted by Crippen LogP contribution is -2.42. The smallest absolute Gasteiger partial charge is 0.238 e. The minimum atomic E-state index is -0.0885. The highest BCUT2D eigenvalue weighted by Gasteiger charge is 2.23. The minimum Gasteiger partial charge on any atom is -0.371 e. The Balaban J connectivity index is 1.57. The Bertz CT molecular complexity index is 746. The van der Waals surface area contributed by atoms with Crippen molar-refractivity contribution in [2.45, 2.75) is 13.0 Å². The Labute approximate surface area is 147 Å². The van der Waals surface area contributed by atoms with E-state index in [1.807, 2.05) is 30.3 Å². The van der Waals surface area contributed by atoms with E-state index in [-0.39, 0.29) is 17.8 Å². The van der Waals surface area contributed by atoms with Crippen LogP contribution in [0.1, 0.15) is 28.9 Å². The van der Waals surface area contributed by atoms with Crippen LogP contribution in [0.4, 0.5) is 5.69 Å². The number of rotatable bonds is 5. The first-order chi connectivity index (χ1) is 12.1. The highest BCUT2D eigenvalue weighted by molar-refractivity contribution is 5.97. The molecular formula is C20H22N2O3. The van der Waals surface area contributed by atoms with E-state index in [0.29, 0.717) is 30.9 Å². The zero-order valence-corrected chi connectivity index (χ0v) is 14.3. The topological polar surface area (TPSA) is 58.6 Å². The first-order valence-corrected chi connectivity index (χ1v) is 8.41. The molecule has 1 saturated heterocycles. The van der Waals surface area contributed by atoms with Gasteiger partial charge in [-0.1, -0.05) is 42.5 Å². The molecule has 0 aromatic heterocycles. The van der Waals surface area contributed by atoms with Crippen LogP contribution in [0, 0.1) is 0 Å². The van der Waals surface area contributed by atoms with Gasteiger partial charge < -0.3 is 10.1 Å². The Morgan fingerprint density at radius 2 is 1.96 bits per heavy atom. The number of morpholine rings is 1. The lowest BCUT2D eigenvalue weighted by Gasteiger charge is -2.32. The predicted octanol–water partition coefficient (Wildman–Crippen LogP) is 2.90. The fourth-order valence-corrected chi connectivity index (χ4v) is 2.94. The van der Waals surface area contributed by atoms with Gasteiger partial charge in [0.05, 0.1) is 19.3 Å². The van der Waals surface area contributed by atoms with Gasteiger partial charge in [0.1, 0.15) is 0 Å². The summed E-state index contributed by atoms with van der Waals surface area (Å²) in [7, 11) is 0. The van der Waals surface area contributed by atoms with Crippen molar-refractivity contribution < 1.29 is 14.3 Å². The molecule has 1 fully saturated rings. The largest absolute Gasteiger partial charge is 0.371 e. The Morgan fingerprint density at radius 3 is 2.72 bits per heavy atom. The number of benzene rings is 2. The van der Waals surface area contributed by atoms with Gasteiger partial charge in [0.2, 0.25) is 5.91 Å². The summed E-state index contributed by atoms with van der Waals surface area (Å²) in [5.41, 5.74) is 2.36. The molecule has 1 unspecified atom stereocenters. The fraction of sp³-hybridized carbons (Fsp3) is 0.300. The van der Waals surface area contributed by atoms with Crippen molar-refractivity contribution in [1.29, 1.82) is 0 Å². The lowest BCUT2D eigenvalue weighted by molar-refractivity contribution is -0.119. The number of carbonyl (C=O) groups is 2. The van der Waals surface area contributed by atoms with Gasteiger partial charge in [-0.25, -0.2) is 0 Å². The van der Waals surface area contributed by atoms with E-state index in [2.05, 4.69) is 10.2 Å². The third-order valence-corrected chi connectivity index (χ3v) is 4.24. The molecule has 3 rings (SSSR count). The van der Waals surface area contributed by atoms with Crippen molar-refractivity contribution in [3.8, 4) is 0 Å². The average molecular weight is 338 g/mol. The van der Waals surface area contributed by atoms with Crippen molar-refractivity contribution in [1.82, 2.24) is 4.90 Å². The number of Topliss-reactive ketones (excluding diaryl/α,β-unsaturated/α-hetero) is 1.